The molecule has 1 aliphatic heterocycles. The second-order valence-electron chi connectivity index (χ2n) is 6.55. The Labute approximate surface area is 178 Å². The molecule has 2 heterocycles. The minimum absolute atomic E-state index is 0. The molecule has 3 rings (SSSR count). The number of aryl methyl sites for hydroxylation is 1. The lowest BCUT2D eigenvalue weighted by atomic mass is 10.1. The van der Waals surface area contributed by atoms with Gasteiger partial charge >= 0.3 is 0 Å². The molecule has 1 fully saturated rings. The molecular weight excluding hydrogens is 455 g/mol. The summed E-state index contributed by atoms with van der Waals surface area (Å²) in [7, 11) is 1.82. The van der Waals surface area contributed by atoms with Gasteiger partial charge in [-0.05, 0) is 38.8 Å². The summed E-state index contributed by atoms with van der Waals surface area (Å²) in [6.45, 7) is 7.41. The zero-order valence-corrected chi connectivity index (χ0v) is 18.6. The maximum Gasteiger partial charge on any atom is 0.226 e. The number of hydrogen-bond acceptors (Lipinski definition) is 4. The van der Waals surface area contributed by atoms with E-state index in [1.807, 2.05) is 19.2 Å². The van der Waals surface area contributed by atoms with Crippen LogP contribution in [-0.4, -0.2) is 48.7 Å². The minimum atomic E-state index is 0. The maximum absolute atomic E-state index is 5.72. The number of oxazole rings is 1. The van der Waals surface area contributed by atoms with Gasteiger partial charge in [-0.1, -0.05) is 17.7 Å². The van der Waals surface area contributed by atoms with Gasteiger partial charge in [-0.15, -0.1) is 24.0 Å². The molecule has 148 valence electrons. The molecule has 0 atom stereocenters. The zero-order valence-electron chi connectivity index (χ0n) is 16.3. The molecule has 0 aliphatic carbocycles. The van der Waals surface area contributed by atoms with Crippen molar-refractivity contribution in [1.82, 2.24) is 15.2 Å². The van der Waals surface area contributed by atoms with Gasteiger partial charge in [0.05, 0.1) is 18.3 Å². The highest BCUT2D eigenvalue weighted by Gasteiger charge is 2.21. The third-order valence-electron chi connectivity index (χ3n) is 4.63. The molecule has 1 N–H and O–H groups in total. The highest BCUT2D eigenvalue weighted by atomic mass is 127. The largest absolute Gasteiger partial charge is 0.444 e. The molecule has 1 aromatic heterocycles. The van der Waals surface area contributed by atoms with Crippen LogP contribution < -0.4 is 5.32 Å². The average Bonchev–Trinajstić information content (AvgIpc) is 3.13. The summed E-state index contributed by atoms with van der Waals surface area (Å²) in [4.78, 5) is 11.3. The number of halogens is 1. The summed E-state index contributed by atoms with van der Waals surface area (Å²) in [5.74, 6) is 1.55. The number of piperidine rings is 1. The Kier molecular flexibility index (Phi) is 8.56. The lowest BCUT2D eigenvalue weighted by molar-refractivity contribution is 0.0263. The summed E-state index contributed by atoms with van der Waals surface area (Å²) in [5, 5.41) is 3.39. The van der Waals surface area contributed by atoms with E-state index >= 15 is 0 Å². The molecule has 1 aliphatic rings. The molecule has 7 heteroatoms. The number of likely N-dealkylation sites (tertiary alicyclic amines) is 1. The van der Waals surface area contributed by atoms with Gasteiger partial charge in [-0.3, -0.25) is 4.99 Å². The molecule has 0 saturated carbocycles. The second-order valence-corrected chi connectivity index (χ2v) is 6.55. The number of rotatable bonds is 5. The van der Waals surface area contributed by atoms with E-state index < -0.39 is 0 Å². The number of ether oxygens (including phenoxy) is 1. The molecule has 0 unspecified atom stereocenters. The zero-order chi connectivity index (χ0) is 18.4. The van der Waals surface area contributed by atoms with Gasteiger partial charge in [0, 0.05) is 32.3 Å². The van der Waals surface area contributed by atoms with E-state index in [1.165, 1.54) is 5.56 Å². The Balaban J connectivity index is 0.00000261. The first kappa shape index (κ1) is 21.7. The van der Waals surface area contributed by atoms with Crippen LogP contribution in [0, 0.1) is 6.92 Å². The molecule has 2 aromatic rings. The number of aliphatic imine (C=N–C) groups is 1. The fourth-order valence-electron chi connectivity index (χ4n) is 3.19. The van der Waals surface area contributed by atoms with Gasteiger partial charge in [0.15, 0.2) is 5.96 Å². The summed E-state index contributed by atoms with van der Waals surface area (Å²) in [5.41, 5.74) is 3.08. The summed E-state index contributed by atoms with van der Waals surface area (Å²) in [6.07, 6.45) is 4.16. The Morgan fingerprint density at radius 1 is 1.30 bits per heavy atom. The Morgan fingerprint density at radius 2 is 2.00 bits per heavy atom. The van der Waals surface area contributed by atoms with Crippen molar-refractivity contribution in [3.8, 4) is 11.5 Å². The first-order valence-corrected chi connectivity index (χ1v) is 9.28. The van der Waals surface area contributed by atoms with Gasteiger partial charge in [0.2, 0.25) is 5.89 Å². The SMILES string of the molecule is CCOC1CCN(C(=NC)NCc2coc(-c3ccc(C)cc3)n2)CC1.I. The minimum Gasteiger partial charge on any atom is -0.444 e. The van der Waals surface area contributed by atoms with Crippen LogP contribution in [0.2, 0.25) is 0 Å². The normalized spacial score (nSPS) is 15.5. The van der Waals surface area contributed by atoms with Crippen molar-refractivity contribution in [3.63, 3.8) is 0 Å². The van der Waals surface area contributed by atoms with Crippen LogP contribution in [0.15, 0.2) is 39.9 Å². The van der Waals surface area contributed by atoms with Crippen molar-refractivity contribution in [2.24, 2.45) is 4.99 Å². The smallest absolute Gasteiger partial charge is 0.226 e. The molecule has 1 aromatic carbocycles. The van der Waals surface area contributed by atoms with Gasteiger partial charge in [0.25, 0.3) is 0 Å². The summed E-state index contributed by atoms with van der Waals surface area (Å²) >= 11 is 0. The Hall–Kier alpha value is -1.61. The molecule has 0 spiro atoms. The fourth-order valence-corrected chi connectivity index (χ4v) is 3.19. The lowest BCUT2D eigenvalue weighted by Crippen LogP contribution is -2.46. The number of nitrogens with zero attached hydrogens (tertiary/aromatic N) is 3. The first-order valence-electron chi connectivity index (χ1n) is 9.28. The predicted octanol–water partition coefficient (Wildman–Crippen LogP) is 3.84. The van der Waals surface area contributed by atoms with Crippen molar-refractivity contribution < 1.29 is 9.15 Å². The third kappa shape index (κ3) is 5.93. The predicted molar refractivity (Wildman–Crippen MR) is 119 cm³/mol. The summed E-state index contributed by atoms with van der Waals surface area (Å²) in [6, 6.07) is 8.18. The van der Waals surface area contributed by atoms with Crippen molar-refractivity contribution in [2.75, 3.05) is 26.7 Å². The maximum atomic E-state index is 5.72. The van der Waals surface area contributed by atoms with E-state index in [0.717, 1.165) is 49.8 Å². The molecule has 6 nitrogen and oxygen atoms in total. The molecule has 1 saturated heterocycles. The van der Waals surface area contributed by atoms with Crippen LogP contribution >= 0.6 is 24.0 Å². The number of nitrogens with one attached hydrogen (secondary N) is 1. The molecule has 0 radical (unpaired) electrons. The van der Waals surface area contributed by atoms with Gasteiger partial charge in [-0.25, -0.2) is 4.98 Å². The van der Waals surface area contributed by atoms with Crippen molar-refractivity contribution in [2.45, 2.75) is 39.3 Å². The highest BCUT2D eigenvalue weighted by Crippen LogP contribution is 2.19. The standard InChI is InChI=1S/C20H28N4O2.HI/c1-4-25-18-9-11-24(12-10-18)20(21-3)22-13-17-14-26-19(23-17)16-7-5-15(2)6-8-16;/h5-8,14,18H,4,9-13H2,1-3H3,(H,21,22);1H. The highest BCUT2D eigenvalue weighted by molar-refractivity contribution is 14.0. The Bertz CT molecular complexity index is 722. The first-order chi connectivity index (χ1) is 12.7. The summed E-state index contributed by atoms with van der Waals surface area (Å²) < 4.78 is 11.3. The average molecular weight is 484 g/mol. The molecule has 27 heavy (non-hydrogen) atoms. The van der Waals surface area contributed by atoms with E-state index in [2.05, 4.69) is 46.2 Å². The molecular formula is C20H29IN4O2. The number of guanidine groups is 1. The van der Waals surface area contributed by atoms with Crippen molar-refractivity contribution in [3.05, 3.63) is 41.8 Å². The van der Waals surface area contributed by atoms with Gasteiger partial charge < -0.3 is 19.4 Å². The van der Waals surface area contributed by atoms with E-state index in [0.29, 0.717) is 18.5 Å². The Morgan fingerprint density at radius 3 is 2.63 bits per heavy atom. The van der Waals surface area contributed by atoms with Crippen LogP contribution in [0.4, 0.5) is 0 Å². The molecule has 0 amide bonds. The fraction of sp³-hybridized carbons (Fsp3) is 0.500. The van der Waals surface area contributed by atoms with E-state index in [-0.39, 0.29) is 24.0 Å². The van der Waals surface area contributed by atoms with Crippen LogP contribution in [0.25, 0.3) is 11.5 Å². The lowest BCUT2D eigenvalue weighted by Gasteiger charge is -2.33. The van der Waals surface area contributed by atoms with E-state index in [4.69, 9.17) is 9.15 Å². The van der Waals surface area contributed by atoms with E-state index in [9.17, 15) is 0 Å². The van der Waals surface area contributed by atoms with Crippen LogP contribution in [-0.2, 0) is 11.3 Å². The number of benzene rings is 1. The second kappa shape index (κ2) is 10.7. The topological polar surface area (TPSA) is 62.9 Å². The molecule has 0 bridgehead atoms. The van der Waals surface area contributed by atoms with Crippen LogP contribution in [0.5, 0.6) is 0 Å². The monoisotopic (exact) mass is 484 g/mol. The van der Waals surface area contributed by atoms with Crippen LogP contribution in [0.1, 0.15) is 31.0 Å². The van der Waals surface area contributed by atoms with Gasteiger partial charge in [0.1, 0.15) is 6.26 Å². The third-order valence-corrected chi connectivity index (χ3v) is 4.63. The van der Waals surface area contributed by atoms with Crippen molar-refractivity contribution in [1.29, 1.82) is 0 Å². The number of aromatic nitrogens is 1. The van der Waals surface area contributed by atoms with E-state index in [1.54, 1.807) is 6.26 Å². The van der Waals surface area contributed by atoms with Crippen LogP contribution in [0.3, 0.4) is 0 Å². The number of hydrogen-bond donors (Lipinski definition) is 1. The van der Waals surface area contributed by atoms with Gasteiger partial charge in [-0.2, -0.15) is 0 Å². The quantitative estimate of drug-likeness (QED) is 0.397. The van der Waals surface area contributed by atoms with Crippen molar-refractivity contribution >= 4 is 29.9 Å².